The standard InChI is InChI=1S/C21H26N8O2/c1-2-17-12-20(30)28(15-25-17)11-7-22-21(31)16-4-9-27(10-5-16)18-13-19(24-14-23-18)29-8-3-6-26-29/h3,6,8,12-16H,2,4-5,7,9-11H2,1H3,(H,22,31). The lowest BCUT2D eigenvalue weighted by Crippen LogP contribution is -2.42. The summed E-state index contributed by atoms with van der Waals surface area (Å²) in [5.74, 6) is 1.54. The smallest absolute Gasteiger partial charge is 0.253 e. The van der Waals surface area contributed by atoms with Crippen LogP contribution >= 0.6 is 0 Å². The Morgan fingerprint density at radius 1 is 1.16 bits per heavy atom. The van der Waals surface area contributed by atoms with Crippen LogP contribution in [0, 0.1) is 5.92 Å². The second-order valence-electron chi connectivity index (χ2n) is 7.50. The van der Waals surface area contributed by atoms with Crippen molar-refractivity contribution in [2.45, 2.75) is 32.7 Å². The van der Waals surface area contributed by atoms with Crippen molar-refractivity contribution < 1.29 is 4.79 Å². The van der Waals surface area contributed by atoms with Gasteiger partial charge in [0.1, 0.15) is 12.1 Å². The molecular formula is C21H26N8O2. The van der Waals surface area contributed by atoms with Crippen molar-refractivity contribution in [2.24, 2.45) is 5.92 Å². The topological polar surface area (TPSA) is 111 Å². The number of amides is 1. The van der Waals surface area contributed by atoms with Crippen molar-refractivity contribution in [2.75, 3.05) is 24.5 Å². The second-order valence-corrected chi connectivity index (χ2v) is 7.50. The van der Waals surface area contributed by atoms with Crippen LogP contribution in [0.5, 0.6) is 0 Å². The second kappa shape index (κ2) is 9.50. The molecule has 1 N–H and O–H groups in total. The van der Waals surface area contributed by atoms with Gasteiger partial charge < -0.3 is 10.2 Å². The van der Waals surface area contributed by atoms with Crippen LogP contribution in [0.2, 0.25) is 0 Å². The van der Waals surface area contributed by atoms with Gasteiger partial charge in [-0.1, -0.05) is 6.92 Å². The first-order valence-corrected chi connectivity index (χ1v) is 10.5. The van der Waals surface area contributed by atoms with Crippen molar-refractivity contribution in [3.05, 3.63) is 59.3 Å². The molecule has 0 saturated carbocycles. The maximum Gasteiger partial charge on any atom is 0.253 e. The van der Waals surface area contributed by atoms with Gasteiger partial charge in [-0.05, 0) is 25.3 Å². The highest BCUT2D eigenvalue weighted by atomic mass is 16.2. The van der Waals surface area contributed by atoms with Gasteiger partial charge in [0.05, 0.1) is 6.33 Å². The monoisotopic (exact) mass is 422 g/mol. The molecule has 4 rings (SSSR count). The Morgan fingerprint density at radius 2 is 1.97 bits per heavy atom. The number of anilines is 1. The molecule has 0 aliphatic carbocycles. The fourth-order valence-electron chi connectivity index (χ4n) is 3.68. The Hall–Kier alpha value is -3.56. The average molecular weight is 422 g/mol. The number of aryl methyl sites for hydroxylation is 1. The van der Waals surface area contributed by atoms with E-state index in [4.69, 9.17) is 0 Å². The zero-order chi connectivity index (χ0) is 21.6. The molecular weight excluding hydrogens is 396 g/mol. The molecule has 0 aromatic carbocycles. The van der Waals surface area contributed by atoms with Crippen LogP contribution in [0.25, 0.3) is 5.82 Å². The van der Waals surface area contributed by atoms with Gasteiger partial charge in [-0.3, -0.25) is 14.2 Å². The maximum atomic E-state index is 12.6. The molecule has 31 heavy (non-hydrogen) atoms. The summed E-state index contributed by atoms with van der Waals surface area (Å²) < 4.78 is 3.22. The number of hydrogen-bond acceptors (Lipinski definition) is 7. The highest BCUT2D eigenvalue weighted by Crippen LogP contribution is 2.22. The quantitative estimate of drug-likeness (QED) is 0.600. The molecule has 1 fully saturated rings. The Morgan fingerprint density at radius 3 is 2.68 bits per heavy atom. The molecule has 10 nitrogen and oxygen atoms in total. The summed E-state index contributed by atoms with van der Waals surface area (Å²) in [6, 6.07) is 5.30. The third-order valence-electron chi connectivity index (χ3n) is 5.52. The minimum Gasteiger partial charge on any atom is -0.356 e. The van der Waals surface area contributed by atoms with E-state index in [9.17, 15) is 9.59 Å². The van der Waals surface area contributed by atoms with Gasteiger partial charge in [-0.2, -0.15) is 5.10 Å². The first-order valence-electron chi connectivity index (χ1n) is 10.5. The van der Waals surface area contributed by atoms with Crippen molar-refractivity contribution in [3.63, 3.8) is 0 Å². The Balaban J connectivity index is 1.26. The van der Waals surface area contributed by atoms with E-state index >= 15 is 0 Å². The van der Waals surface area contributed by atoms with E-state index < -0.39 is 0 Å². The summed E-state index contributed by atoms with van der Waals surface area (Å²) >= 11 is 0. The molecule has 1 aliphatic heterocycles. The molecule has 10 heteroatoms. The average Bonchev–Trinajstić information content (AvgIpc) is 3.35. The molecule has 0 unspecified atom stereocenters. The van der Waals surface area contributed by atoms with E-state index in [1.54, 1.807) is 23.3 Å². The minimum absolute atomic E-state index is 0.0331. The summed E-state index contributed by atoms with van der Waals surface area (Å²) in [7, 11) is 0. The van der Waals surface area contributed by atoms with Gasteiger partial charge in [-0.25, -0.2) is 19.6 Å². The van der Waals surface area contributed by atoms with Gasteiger partial charge in [-0.15, -0.1) is 0 Å². The normalized spacial score (nSPS) is 14.5. The van der Waals surface area contributed by atoms with Gasteiger partial charge in [0, 0.05) is 62.3 Å². The number of hydrogen-bond donors (Lipinski definition) is 1. The van der Waals surface area contributed by atoms with Gasteiger partial charge in [0.15, 0.2) is 5.82 Å². The largest absolute Gasteiger partial charge is 0.356 e. The summed E-state index contributed by atoms with van der Waals surface area (Å²) in [4.78, 5) is 39.6. The summed E-state index contributed by atoms with van der Waals surface area (Å²) in [5, 5.41) is 7.16. The van der Waals surface area contributed by atoms with E-state index in [1.807, 2.05) is 25.3 Å². The molecule has 0 spiro atoms. The fourth-order valence-corrected chi connectivity index (χ4v) is 3.68. The predicted molar refractivity (Wildman–Crippen MR) is 115 cm³/mol. The zero-order valence-corrected chi connectivity index (χ0v) is 17.5. The zero-order valence-electron chi connectivity index (χ0n) is 17.5. The predicted octanol–water partition coefficient (Wildman–Crippen LogP) is 0.814. The molecule has 4 heterocycles. The van der Waals surface area contributed by atoms with Crippen LogP contribution in [0.3, 0.4) is 0 Å². The molecule has 3 aromatic rings. The lowest BCUT2D eigenvalue weighted by molar-refractivity contribution is -0.125. The Bertz CT molecular complexity index is 1070. The van der Waals surface area contributed by atoms with Crippen LogP contribution < -0.4 is 15.8 Å². The lowest BCUT2D eigenvalue weighted by atomic mass is 9.96. The van der Waals surface area contributed by atoms with E-state index in [-0.39, 0.29) is 17.4 Å². The van der Waals surface area contributed by atoms with Crippen LogP contribution in [-0.2, 0) is 17.8 Å². The SMILES string of the molecule is CCc1cc(=O)n(CCNC(=O)C2CCN(c3cc(-n4cccn4)ncn3)CC2)cn1. The maximum absolute atomic E-state index is 12.6. The van der Waals surface area contributed by atoms with Crippen LogP contribution in [0.15, 0.2) is 48.0 Å². The number of aromatic nitrogens is 6. The van der Waals surface area contributed by atoms with Crippen LogP contribution in [0.1, 0.15) is 25.5 Å². The first-order chi connectivity index (χ1) is 15.1. The molecule has 0 radical (unpaired) electrons. The molecule has 162 valence electrons. The fraction of sp³-hybridized carbons (Fsp3) is 0.429. The first kappa shape index (κ1) is 20.7. The molecule has 0 atom stereocenters. The number of rotatable bonds is 7. The number of carbonyl (C=O) groups excluding carboxylic acids is 1. The molecule has 1 aliphatic rings. The van der Waals surface area contributed by atoms with Crippen molar-refractivity contribution >= 4 is 11.7 Å². The molecule has 1 saturated heterocycles. The molecule has 3 aromatic heterocycles. The van der Waals surface area contributed by atoms with Crippen LogP contribution in [-0.4, -0.2) is 54.8 Å². The van der Waals surface area contributed by atoms with E-state index in [0.29, 0.717) is 18.9 Å². The number of nitrogens with zero attached hydrogens (tertiary/aromatic N) is 7. The highest BCUT2D eigenvalue weighted by Gasteiger charge is 2.25. The molecule has 0 bridgehead atoms. The summed E-state index contributed by atoms with van der Waals surface area (Å²) in [5.41, 5.74) is 0.686. The minimum atomic E-state index is -0.0891. The van der Waals surface area contributed by atoms with Crippen molar-refractivity contribution in [1.29, 1.82) is 0 Å². The van der Waals surface area contributed by atoms with Crippen LogP contribution in [0.4, 0.5) is 5.82 Å². The third-order valence-corrected chi connectivity index (χ3v) is 5.52. The van der Waals surface area contributed by atoms with Gasteiger partial charge in [0.25, 0.3) is 5.56 Å². The number of carbonyl (C=O) groups is 1. The van der Waals surface area contributed by atoms with E-state index in [0.717, 1.165) is 43.9 Å². The Kier molecular flexibility index (Phi) is 6.34. The van der Waals surface area contributed by atoms with Crippen molar-refractivity contribution in [3.8, 4) is 5.82 Å². The number of nitrogens with one attached hydrogen (secondary N) is 1. The van der Waals surface area contributed by atoms with E-state index in [1.165, 1.54) is 10.9 Å². The highest BCUT2D eigenvalue weighted by molar-refractivity contribution is 5.78. The molecule has 1 amide bonds. The summed E-state index contributed by atoms with van der Waals surface area (Å²) in [6.07, 6.45) is 8.86. The third kappa shape index (κ3) is 4.96. The van der Waals surface area contributed by atoms with Crippen molar-refractivity contribution in [1.82, 2.24) is 34.6 Å². The Labute approximate surface area is 180 Å². The summed E-state index contributed by atoms with van der Waals surface area (Å²) in [6.45, 7) is 4.27. The number of piperidine rings is 1. The lowest BCUT2D eigenvalue weighted by Gasteiger charge is -2.32. The van der Waals surface area contributed by atoms with E-state index in [2.05, 4.69) is 30.3 Å². The van der Waals surface area contributed by atoms with Gasteiger partial charge >= 0.3 is 0 Å². The van der Waals surface area contributed by atoms with Gasteiger partial charge in [0.2, 0.25) is 5.91 Å².